The number of anilines is 2. The third-order valence-corrected chi connectivity index (χ3v) is 7.40. The summed E-state index contributed by atoms with van der Waals surface area (Å²) in [5.41, 5.74) is -2.65. The molecule has 0 aliphatic carbocycles. The molecule has 3 aromatic rings. The summed E-state index contributed by atoms with van der Waals surface area (Å²) in [7, 11) is 3.13. The average Bonchev–Trinajstić information content (AvgIpc) is 3.65. The predicted molar refractivity (Wildman–Crippen MR) is 124 cm³/mol. The SMILES string of the molecule is CN1C(=O)[C@@](O)(c2c3c(c([C@]4(O)C(=O)N(C)c5ccccc54)c4c2OCO4)OCO3)c2ccccc21. The van der Waals surface area contributed by atoms with Gasteiger partial charge in [0.25, 0.3) is 11.8 Å². The molecule has 7 rings (SSSR count). The summed E-state index contributed by atoms with van der Waals surface area (Å²) < 4.78 is 23.2. The first kappa shape index (κ1) is 21.0. The van der Waals surface area contributed by atoms with Crippen molar-refractivity contribution in [2.24, 2.45) is 0 Å². The molecular weight excluding hydrogens is 468 g/mol. The second kappa shape index (κ2) is 6.68. The van der Waals surface area contributed by atoms with E-state index < -0.39 is 23.0 Å². The maximum Gasteiger partial charge on any atom is 0.268 e. The van der Waals surface area contributed by atoms with Crippen molar-refractivity contribution >= 4 is 23.2 Å². The molecule has 0 spiro atoms. The van der Waals surface area contributed by atoms with Crippen molar-refractivity contribution in [2.45, 2.75) is 11.2 Å². The molecule has 0 aromatic heterocycles. The van der Waals surface area contributed by atoms with Gasteiger partial charge < -0.3 is 39.0 Å². The summed E-state index contributed by atoms with van der Waals surface area (Å²) in [6.45, 7) is -0.524. The van der Waals surface area contributed by atoms with E-state index in [1.807, 2.05) is 0 Å². The van der Waals surface area contributed by atoms with E-state index in [1.54, 1.807) is 62.6 Å². The molecule has 0 radical (unpaired) electrons. The lowest BCUT2D eigenvalue weighted by atomic mass is 9.80. The first-order valence-corrected chi connectivity index (χ1v) is 11.3. The van der Waals surface area contributed by atoms with Gasteiger partial charge in [-0.3, -0.25) is 9.59 Å². The number of rotatable bonds is 2. The van der Waals surface area contributed by atoms with E-state index in [-0.39, 0.29) is 47.7 Å². The normalized spacial score (nSPS) is 25.0. The number of benzene rings is 3. The fourth-order valence-electron chi connectivity index (χ4n) is 5.73. The molecule has 10 nitrogen and oxygen atoms in total. The van der Waals surface area contributed by atoms with Crippen molar-refractivity contribution in [2.75, 3.05) is 37.5 Å². The Hall–Kier alpha value is -4.28. The van der Waals surface area contributed by atoms with Gasteiger partial charge in [0, 0.05) is 25.2 Å². The van der Waals surface area contributed by atoms with Crippen molar-refractivity contribution < 1.29 is 38.7 Å². The van der Waals surface area contributed by atoms with E-state index in [0.29, 0.717) is 22.5 Å². The first-order valence-electron chi connectivity index (χ1n) is 11.3. The van der Waals surface area contributed by atoms with Crippen LogP contribution in [0.15, 0.2) is 48.5 Å². The minimum absolute atomic E-state index is 0.00321. The zero-order valence-corrected chi connectivity index (χ0v) is 19.3. The standard InChI is InChI=1S/C26H20N2O8/c1-27-15-9-5-3-7-13(15)25(31,23(27)29)17-19-21(35-11-33-19)18(22-20(17)34-12-36-22)26(32)14-8-4-6-10-16(14)28(2)24(26)30/h3-10,31-32H,11-12H2,1-2H3/t25-,26-/m0/s1. The van der Waals surface area contributed by atoms with E-state index in [1.165, 1.54) is 9.80 Å². The molecule has 182 valence electrons. The van der Waals surface area contributed by atoms with Gasteiger partial charge in [0.15, 0.2) is 23.0 Å². The van der Waals surface area contributed by atoms with E-state index in [0.717, 1.165) is 0 Å². The van der Waals surface area contributed by atoms with Crippen LogP contribution in [0, 0.1) is 0 Å². The smallest absolute Gasteiger partial charge is 0.268 e. The number of aliphatic hydroxyl groups is 2. The summed E-state index contributed by atoms with van der Waals surface area (Å²) in [6, 6.07) is 13.7. The van der Waals surface area contributed by atoms with Crippen molar-refractivity contribution in [1.29, 1.82) is 0 Å². The second-order valence-electron chi connectivity index (χ2n) is 9.06. The number of para-hydroxylation sites is 2. The summed E-state index contributed by atoms with van der Waals surface area (Å²) in [4.78, 5) is 29.7. The Labute approximate surface area is 204 Å². The molecule has 36 heavy (non-hydrogen) atoms. The van der Waals surface area contributed by atoms with Gasteiger partial charge >= 0.3 is 0 Å². The molecule has 10 heteroatoms. The molecule has 2 N–H and O–H groups in total. The van der Waals surface area contributed by atoms with E-state index in [4.69, 9.17) is 18.9 Å². The quantitative estimate of drug-likeness (QED) is 0.558. The van der Waals surface area contributed by atoms with Crippen molar-refractivity contribution in [3.8, 4) is 23.0 Å². The lowest BCUT2D eigenvalue weighted by molar-refractivity contribution is -0.132. The fraction of sp³-hybridized carbons (Fsp3) is 0.231. The fourth-order valence-corrected chi connectivity index (χ4v) is 5.73. The highest BCUT2D eigenvalue weighted by molar-refractivity contribution is 6.12. The van der Waals surface area contributed by atoms with Gasteiger partial charge in [0.1, 0.15) is 0 Å². The number of nitrogens with zero attached hydrogens (tertiary/aromatic N) is 2. The molecule has 4 heterocycles. The molecule has 4 aliphatic rings. The number of carbonyl (C=O) groups is 2. The van der Waals surface area contributed by atoms with Crippen molar-refractivity contribution in [1.82, 2.24) is 0 Å². The Morgan fingerprint density at radius 3 is 1.33 bits per heavy atom. The van der Waals surface area contributed by atoms with Crippen LogP contribution < -0.4 is 28.7 Å². The van der Waals surface area contributed by atoms with Crippen LogP contribution in [-0.2, 0) is 20.8 Å². The van der Waals surface area contributed by atoms with Crippen LogP contribution in [0.1, 0.15) is 22.3 Å². The summed E-state index contributed by atoms with van der Waals surface area (Å²) in [5.74, 6) is -1.22. The third kappa shape index (κ3) is 2.19. The molecule has 0 bridgehead atoms. The average molecular weight is 488 g/mol. The molecule has 0 unspecified atom stereocenters. The van der Waals surface area contributed by atoms with Gasteiger partial charge in [0.05, 0.1) is 22.5 Å². The number of ether oxygens (including phenoxy) is 4. The number of hydrogen-bond acceptors (Lipinski definition) is 8. The van der Waals surface area contributed by atoms with Crippen molar-refractivity contribution in [3.05, 3.63) is 70.8 Å². The number of carbonyl (C=O) groups excluding carboxylic acids is 2. The molecule has 2 amide bonds. The summed E-state index contributed by atoms with van der Waals surface area (Å²) in [6.07, 6.45) is 0. The minimum atomic E-state index is -2.18. The molecule has 2 atom stereocenters. The van der Waals surface area contributed by atoms with Gasteiger partial charge in [-0.25, -0.2) is 0 Å². The largest absolute Gasteiger partial charge is 0.453 e. The van der Waals surface area contributed by atoms with Crippen molar-refractivity contribution in [3.63, 3.8) is 0 Å². The zero-order chi connectivity index (χ0) is 25.0. The lowest BCUT2D eigenvalue weighted by Gasteiger charge is -2.29. The molecule has 4 aliphatic heterocycles. The van der Waals surface area contributed by atoms with Crippen LogP contribution in [0.2, 0.25) is 0 Å². The number of amides is 2. The highest BCUT2D eigenvalue weighted by Crippen LogP contribution is 2.63. The van der Waals surface area contributed by atoms with Crippen LogP contribution in [0.5, 0.6) is 23.0 Å². The van der Waals surface area contributed by atoms with Gasteiger partial charge in [-0.05, 0) is 12.1 Å². The molecule has 3 aromatic carbocycles. The molecule has 0 saturated carbocycles. The highest BCUT2D eigenvalue weighted by atomic mass is 16.7. The summed E-state index contributed by atoms with van der Waals surface area (Å²) in [5, 5.41) is 24.1. The van der Waals surface area contributed by atoms with Crippen LogP contribution >= 0.6 is 0 Å². The second-order valence-corrected chi connectivity index (χ2v) is 9.06. The Balaban J connectivity index is 1.56. The third-order valence-electron chi connectivity index (χ3n) is 7.40. The van der Waals surface area contributed by atoms with E-state index in [2.05, 4.69) is 0 Å². The topological polar surface area (TPSA) is 118 Å². The van der Waals surface area contributed by atoms with Gasteiger partial charge in [-0.15, -0.1) is 0 Å². The Bertz CT molecular complexity index is 1370. The van der Waals surface area contributed by atoms with Crippen LogP contribution in [0.3, 0.4) is 0 Å². The van der Waals surface area contributed by atoms with Crippen LogP contribution in [0.4, 0.5) is 11.4 Å². The number of fused-ring (bicyclic) bond motifs is 4. The highest BCUT2D eigenvalue weighted by Gasteiger charge is 2.60. The number of hydrogen-bond donors (Lipinski definition) is 2. The minimum Gasteiger partial charge on any atom is -0.453 e. The van der Waals surface area contributed by atoms with Crippen LogP contribution in [0.25, 0.3) is 0 Å². The monoisotopic (exact) mass is 488 g/mol. The Morgan fingerprint density at radius 1 is 0.639 bits per heavy atom. The molecular formula is C26H20N2O8. The molecule has 0 fully saturated rings. The zero-order valence-electron chi connectivity index (χ0n) is 19.3. The summed E-state index contributed by atoms with van der Waals surface area (Å²) >= 11 is 0. The maximum atomic E-state index is 13.5. The van der Waals surface area contributed by atoms with Gasteiger partial charge in [0.2, 0.25) is 24.8 Å². The predicted octanol–water partition coefficient (Wildman–Crippen LogP) is 1.57. The maximum absolute atomic E-state index is 13.5. The first-order chi connectivity index (χ1) is 17.3. The van der Waals surface area contributed by atoms with Gasteiger partial charge in [-0.2, -0.15) is 0 Å². The lowest BCUT2D eigenvalue weighted by Crippen LogP contribution is -2.41. The Morgan fingerprint density at radius 2 is 0.972 bits per heavy atom. The van der Waals surface area contributed by atoms with E-state index >= 15 is 0 Å². The number of likely N-dealkylation sites (N-methyl/N-ethyl adjacent to an activating group) is 2. The van der Waals surface area contributed by atoms with E-state index in [9.17, 15) is 19.8 Å². The Kier molecular flexibility index (Phi) is 3.91. The molecule has 0 saturated heterocycles. The van der Waals surface area contributed by atoms with Gasteiger partial charge in [-0.1, -0.05) is 36.4 Å². The van der Waals surface area contributed by atoms with Crippen LogP contribution in [-0.4, -0.2) is 49.7 Å².